The van der Waals surface area contributed by atoms with E-state index in [1.165, 1.54) is 11.3 Å². The summed E-state index contributed by atoms with van der Waals surface area (Å²) in [6, 6.07) is 5.80. The van der Waals surface area contributed by atoms with Gasteiger partial charge in [0.25, 0.3) is 0 Å². The highest BCUT2D eigenvalue weighted by molar-refractivity contribution is 7.19. The Morgan fingerprint density at radius 1 is 1.41 bits per heavy atom. The highest BCUT2D eigenvalue weighted by atomic mass is 35.5. The van der Waals surface area contributed by atoms with Crippen molar-refractivity contribution in [1.82, 2.24) is 9.97 Å². The maximum absolute atomic E-state index is 9.09. The molecule has 0 radical (unpaired) electrons. The van der Waals surface area contributed by atoms with Crippen LogP contribution in [0.2, 0.25) is 4.34 Å². The molecule has 0 spiro atoms. The molecule has 0 aliphatic rings. The van der Waals surface area contributed by atoms with Crippen LogP contribution >= 0.6 is 22.9 Å². The van der Waals surface area contributed by atoms with Crippen LogP contribution in [0, 0.1) is 18.3 Å². The molecule has 2 aromatic heterocycles. The molecule has 5 heteroatoms. The second-order valence-corrected chi connectivity index (χ2v) is 5.24. The van der Waals surface area contributed by atoms with Crippen molar-refractivity contribution in [2.75, 3.05) is 0 Å². The average Bonchev–Trinajstić information content (AvgIpc) is 2.74. The molecule has 2 heterocycles. The summed E-state index contributed by atoms with van der Waals surface area (Å²) in [5.74, 6) is 0.577. The SMILES string of the molecule is CCc1c(C)nc(-c2ccc(Cl)s2)nc1C#N. The molecule has 0 aromatic carbocycles. The van der Waals surface area contributed by atoms with Crippen molar-refractivity contribution >= 4 is 22.9 Å². The number of rotatable bonds is 2. The Morgan fingerprint density at radius 3 is 2.71 bits per heavy atom. The monoisotopic (exact) mass is 263 g/mol. The van der Waals surface area contributed by atoms with E-state index < -0.39 is 0 Å². The Kier molecular flexibility index (Phi) is 3.41. The van der Waals surface area contributed by atoms with Gasteiger partial charge in [-0.1, -0.05) is 18.5 Å². The van der Waals surface area contributed by atoms with E-state index in [-0.39, 0.29) is 0 Å². The van der Waals surface area contributed by atoms with Gasteiger partial charge in [-0.25, -0.2) is 9.97 Å². The first-order valence-corrected chi connectivity index (χ1v) is 6.38. The number of aryl methyl sites for hydroxylation is 1. The normalized spacial score (nSPS) is 10.2. The molecule has 0 aliphatic carbocycles. The lowest BCUT2D eigenvalue weighted by Gasteiger charge is -2.06. The lowest BCUT2D eigenvalue weighted by molar-refractivity contribution is 0.987. The number of halogens is 1. The highest BCUT2D eigenvalue weighted by Gasteiger charge is 2.12. The molecule has 0 amide bonds. The van der Waals surface area contributed by atoms with Crippen LogP contribution in [-0.4, -0.2) is 9.97 Å². The van der Waals surface area contributed by atoms with Gasteiger partial charge in [0.05, 0.1) is 9.21 Å². The van der Waals surface area contributed by atoms with Gasteiger partial charge in [-0.2, -0.15) is 5.26 Å². The summed E-state index contributed by atoms with van der Waals surface area (Å²) in [5, 5.41) is 9.09. The largest absolute Gasteiger partial charge is 0.232 e. The molecule has 0 saturated heterocycles. The molecule has 0 saturated carbocycles. The van der Waals surface area contributed by atoms with Crippen LogP contribution in [0.4, 0.5) is 0 Å². The average molecular weight is 264 g/mol. The minimum absolute atomic E-state index is 0.458. The molecule has 2 rings (SSSR count). The summed E-state index contributed by atoms with van der Waals surface area (Å²) in [6.45, 7) is 3.90. The number of aromatic nitrogens is 2. The lowest BCUT2D eigenvalue weighted by atomic mass is 10.1. The van der Waals surface area contributed by atoms with Gasteiger partial charge in [-0.3, -0.25) is 0 Å². The predicted molar refractivity (Wildman–Crippen MR) is 69.2 cm³/mol. The smallest absolute Gasteiger partial charge is 0.171 e. The minimum atomic E-state index is 0.458. The fourth-order valence-corrected chi connectivity index (χ4v) is 2.63. The molecule has 0 aliphatic heterocycles. The van der Waals surface area contributed by atoms with Gasteiger partial charge in [-0.05, 0) is 25.5 Å². The van der Waals surface area contributed by atoms with Gasteiger partial charge in [0, 0.05) is 11.3 Å². The Bertz CT molecular complexity index is 598. The van der Waals surface area contributed by atoms with Gasteiger partial charge >= 0.3 is 0 Å². The van der Waals surface area contributed by atoms with E-state index in [1.54, 1.807) is 6.07 Å². The van der Waals surface area contributed by atoms with Gasteiger partial charge in [-0.15, -0.1) is 11.3 Å². The third-order valence-electron chi connectivity index (χ3n) is 2.47. The van der Waals surface area contributed by atoms with E-state index in [1.807, 2.05) is 19.9 Å². The number of nitriles is 1. The summed E-state index contributed by atoms with van der Waals surface area (Å²) >= 11 is 7.29. The number of hydrogen-bond acceptors (Lipinski definition) is 4. The molecule has 0 N–H and O–H groups in total. The maximum Gasteiger partial charge on any atom is 0.171 e. The van der Waals surface area contributed by atoms with Crippen molar-refractivity contribution in [1.29, 1.82) is 5.26 Å². The lowest BCUT2D eigenvalue weighted by Crippen LogP contribution is -2.01. The minimum Gasteiger partial charge on any atom is -0.232 e. The summed E-state index contributed by atoms with van der Waals surface area (Å²) in [5.41, 5.74) is 2.23. The first-order chi connectivity index (χ1) is 8.15. The van der Waals surface area contributed by atoms with Gasteiger partial charge in [0.1, 0.15) is 11.8 Å². The Morgan fingerprint density at radius 2 is 2.18 bits per heavy atom. The summed E-state index contributed by atoms with van der Waals surface area (Å²) in [7, 11) is 0. The zero-order valence-corrected chi connectivity index (χ0v) is 11.1. The molecular formula is C12H10ClN3S. The van der Waals surface area contributed by atoms with Crippen LogP contribution in [-0.2, 0) is 6.42 Å². The van der Waals surface area contributed by atoms with Crippen molar-refractivity contribution in [2.24, 2.45) is 0 Å². The van der Waals surface area contributed by atoms with Crippen LogP contribution in [0.5, 0.6) is 0 Å². The number of thiophene rings is 1. The predicted octanol–water partition coefficient (Wildman–Crippen LogP) is 3.60. The van der Waals surface area contributed by atoms with Crippen LogP contribution in [0.1, 0.15) is 23.9 Å². The van der Waals surface area contributed by atoms with E-state index in [0.717, 1.165) is 22.6 Å². The second-order valence-electron chi connectivity index (χ2n) is 3.53. The van der Waals surface area contributed by atoms with E-state index >= 15 is 0 Å². The highest BCUT2D eigenvalue weighted by Crippen LogP contribution is 2.29. The third-order valence-corrected chi connectivity index (χ3v) is 3.69. The number of nitrogens with zero attached hydrogens (tertiary/aromatic N) is 3. The molecule has 86 valence electrons. The summed E-state index contributed by atoms with van der Waals surface area (Å²) in [6.07, 6.45) is 0.764. The fraction of sp³-hybridized carbons (Fsp3) is 0.250. The molecule has 2 aromatic rings. The van der Waals surface area contributed by atoms with Crippen LogP contribution in [0.25, 0.3) is 10.7 Å². The molecule has 3 nitrogen and oxygen atoms in total. The van der Waals surface area contributed by atoms with E-state index in [4.69, 9.17) is 16.9 Å². The maximum atomic E-state index is 9.09. The molecule has 0 unspecified atom stereocenters. The van der Waals surface area contributed by atoms with E-state index in [9.17, 15) is 0 Å². The zero-order chi connectivity index (χ0) is 12.4. The molecule has 0 bridgehead atoms. The zero-order valence-electron chi connectivity index (χ0n) is 9.49. The van der Waals surface area contributed by atoms with Crippen molar-refractivity contribution < 1.29 is 0 Å². The van der Waals surface area contributed by atoms with Crippen LogP contribution in [0.15, 0.2) is 12.1 Å². The van der Waals surface area contributed by atoms with Crippen molar-refractivity contribution in [3.8, 4) is 16.8 Å². The van der Waals surface area contributed by atoms with E-state index in [0.29, 0.717) is 15.9 Å². The molecule has 0 atom stereocenters. The van der Waals surface area contributed by atoms with Crippen molar-refractivity contribution in [3.05, 3.63) is 33.4 Å². The Labute approximate surface area is 109 Å². The molecular weight excluding hydrogens is 254 g/mol. The molecule has 0 fully saturated rings. The van der Waals surface area contributed by atoms with Crippen molar-refractivity contribution in [2.45, 2.75) is 20.3 Å². The standard InChI is InChI=1S/C12H10ClN3S/c1-3-8-7(2)15-12(16-9(8)6-14)10-4-5-11(13)17-10/h4-5H,3H2,1-2H3. The van der Waals surface area contributed by atoms with Gasteiger partial charge in [0.15, 0.2) is 5.82 Å². The second kappa shape index (κ2) is 4.82. The fourth-order valence-electron chi connectivity index (χ4n) is 1.66. The van der Waals surface area contributed by atoms with Crippen LogP contribution < -0.4 is 0 Å². The molecule has 17 heavy (non-hydrogen) atoms. The summed E-state index contributed by atoms with van der Waals surface area (Å²) < 4.78 is 0.694. The first kappa shape index (κ1) is 12.0. The number of hydrogen-bond donors (Lipinski definition) is 0. The van der Waals surface area contributed by atoms with Crippen molar-refractivity contribution in [3.63, 3.8) is 0 Å². The van der Waals surface area contributed by atoms with Gasteiger partial charge in [0.2, 0.25) is 0 Å². The van der Waals surface area contributed by atoms with E-state index in [2.05, 4.69) is 16.0 Å². The van der Waals surface area contributed by atoms with Crippen LogP contribution in [0.3, 0.4) is 0 Å². The Hall–Kier alpha value is -1.44. The first-order valence-electron chi connectivity index (χ1n) is 5.19. The quantitative estimate of drug-likeness (QED) is 0.832. The third kappa shape index (κ3) is 2.31. The Balaban J connectivity index is 2.58. The topological polar surface area (TPSA) is 49.6 Å². The van der Waals surface area contributed by atoms with Gasteiger partial charge < -0.3 is 0 Å². The summed E-state index contributed by atoms with van der Waals surface area (Å²) in [4.78, 5) is 9.60.